The summed E-state index contributed by atoms with van der Waals surface area (Å²) in [5.41, 5.74) is 2.75. The SMILES string of the molecule is CC(=CCl)CNCCC(C)(C)CCC(=O)O. The van der Waals surface area contributed by atoms with E-state index in [1.165, 1.54) is 0 Å². The number of carboxylic acid groups (broad SMARTS) is 1. The van der Waals surface area contributed by atoms with Crippen LogP contribution in [-0.4, -0.2) is 24.2 Å². The summed E-state index contributed by atoms with van der Waals surface area (Å²) in [5, 5.41) is 11.9. The summed E-state index contributed by atoms with van der Waals surface area (Å²) in [4.78, 5) is 10.5. The molecule has 0 aromatic heterocycles. The second kappa shape index (κ2) is 7.69. The third-order valence-corrected chi connectivity index (χ3v) is 2.96. The molecule has 0 aromatic rings. The highest BCUT2D eigenvalue weighted by Crippen LogP contribution is 2.25. The van der Waals surface area contributed by atoms with Crippen molar-refractivity contribution >= 4 is 17.6 Å². The van der Waals surface area contributed by atoms with Crippen LogP contribution in [0.3, 0.4) is 0 Å². The van der Waals surface area contributed by atoms with Gasteiger partial charge in [0.25, 0.3) is 0 Å². The van der Waals surface area contributed by atoms with Crippen molar-refractivity contribution in [3.05, 3.63) is 11.1 Å². The molecule has 0 radical (unpaired) electrons. The molecular weight excluding hydrogens is 226 g/mol. The quantitative estimate of drug-likeness (QED) is 0.649. The minimum absolute atomic E-state index is 0.0734. The molecule has 3 nitrogen and oxygen atoms in total. The normalized spacial score (nSPS) is 12.9. The maximum absolute atomic E-state index is 10.5. The molecule has 0 aliphatic rings. The molecule has 2 N–H and O–H groups in total. The smallest absolute Gasteiger partial charge is 0.303 e. The molecule has 0 atom stereocenters. The molecule has 16 heavy (non-hydrogen) atoms. The number of hydrogen-bond donors (Lipinski definition) is 2. The van der Waals surface area contributed by atoms with Crippen LogP contribution >= 0.6 is 11.6 Å². The summed E-state index contributed by atoms with van der Waals surface area (Å²) < 4.78 is 0. The molecule has 0 bridgehead atoms. The Morgan fingerprint density at radius 3 is 2.56 bits per heavy atom. The van der Waals surface area contributed by atoms with E-state index in [9.17, 15) is 4.79 Å². The van der Waals surface area contributed by atoms with Gasteiger partial charge in [-0.2, -0.15) is 0 Å². The van der Waals surface area contributed by atoms with Gasteiger partial charge in [0.15, 0.2) is 0 Å². The van der Waals surface area contributed by atoms with Gasteiger partial charge in [0.05, 0.1) is 0 Å². The van der Waals surface area contributed by atoms with Gasteiger partial charge in [-0.3, -0.25) is 4.79 Å². The lowest BCUT2D eigenvalue weighted by Gasteiger charge is -2.23. The van der Waals surface area contributed by atoms with Gasteiger partial charge in [0, 0.05) is 18.5 Å². The topological polar surface area (TPSA) is 49.3 Å². The highest BCUT2D eigenvalue weighted by molar-refractivity contribution is 6.25. The van der Waals surface area contributed by atoms with E-state index >= 15 is 0 Å². The third kappa shape index (κ3) is 8.74. The first-order valence-electron chi connectivity index (χ1n) is 5.56. The van der Waals surface area contributed by atoms with Crippen LogP contribution in [0.15, 0.2) is 11.1 Å². The summed E-state index contributed by atoms with van der Waals surface area (Å²) in [7, 11) is 0. The maximum Gasteiger partial charge on any atom is 0.303 e. The fourth-order valence-corrected chi connectivity index (χ4v) is 1.40. The van der Waals surface area contributed by atoms with Crippen LogP contribution in [0.25, 0.3) is 0 Å². The zero-order chi connectivity index (χ0) is 12.6. The highest BCUT2D eigenvalue weighted by Gasteiger charge is 2.18. The van der Waals surface area contributed by atoms with Gasteiger partial charge in [-0.05, 0) is 37.3 Å². The van der Waals surface area contributed by atoms with Gasteiger partial charge in [0.2, 0.25) is 0 Å². The standard InChI is InChI=1S/C12H22ClNO2/c1-10(8-13)9-14-7-6-12(2,3)5-4-11(15)16/h8,14H,4-7,9H2,1-3H3,(H,15,16). The molecule has 0 amide bonds. The number of carbonyl (C=O) groups is 1. The number of aliphatic carboxylic acids is 1. The second-order valence-electron chi connectivity index (χ2n) is 4.94. The monoisotopic (exact) mass is 247 g/mol. The third-order valence-electron chi connectivity index (χ3n) is 2.58. The Hall–Kier alpha value is -0.540. The number of carboxylic acids is 1. The molecule has 0 rings (SSSR count). The summed E-state index contributed by atoms with van der Waals surface area (Å²) in [6.07, 6.45) is 1.93. The number of hydrogen-bond acceptors (Lipinski definition) is 2. The average molecular weight is 248 g/mol. The Kier molecular flexibility index (Phi) is 7.43. The summed E-state index contributed by atoms with van der Waals surface area (Å²) >= 11 is 5.54. The first kappa shape index (κ1) is 15.5. The molecule has 0 heterocycles. The van der Waals surface area contributed by atoms with Crippen LogP contribution < -0.4 is 5.32 Å². The fourth-order valence-electron chi connectivity index (χ4n) is 1.32. The average Bonchev–Trinajstić information content (AvgIpc) is 2.21. The Balaban J connectivity index is 3.69. The Labute approximate surface area is 103 Å². The van der Waals surface area contributed by atoms with Crippen LogP contribution in [0.5, 0.6) is 0 Å². The highest BCUT2D eigenvalue weighted by atomic mass is 35.5. The molecule has 0 aliphatic heterocycles. The summed E-state index contributed by atoms with van der Waals surface area (Å²) in [6, 6.07) is 0. The van der Waals surface area contributed by atoms with Gasteiger partial charge in [0.1, 0.15) is 0 Å². The van der Waals surface area contributed by atoms with Crippen LogP contribution in [0.4, 0.5) is 0 Å². The van der Waals surface area contributed by atoms with Crippen LogP contribution in [0.2, 0.25) is 0 Å². The molecular formula is C12H22ClNO2. The van der Waals surface area contributed by atoms with Crippen molar-refractivity contribution < 1.29 is 9.90 Å². The largest absolute Gasteiger partial charge is 0.481 e. The zero-order valence-corrected chi connectivity index (χ0v) is 11.1. The van der Waals surface area contributed by atoms with Crippen LogP contribution in [-0.2, 0) is 4.79 Å². The number of rotatable bonds is 8. The lowest BCUT2D eigenvalue weighted by Crippen LogP contribution is -2.24. The van der Waals surface area contributed by atoms with E-state index in [1.54, 1.807) is 5.54 Å². The van der Waals surface area contributed by atoms with Gasteiger partial charge < -0.3 is 10.4 Å². The van der Waals surface area contributed by atoms with E-state index in [4.69, 9.17) is 16.7 Å². The van der Waals surface area contributed by atoms with E-state index in [2.05, 4.69) is 19.2 Å². The summed E-state index contributed by atoms with van der Waals surface area (Å²) in [6.45, 7) is 7.84. The minimum atomic E-state index is -0.720. The van der Waals surface area contributed by atoms with Gasteiger partial charge >= 0.3 is 5.97 Å². The van der Waals surface area contributed by atoms with Gasteiger partial charge in [-0.1, -0.05) is 25.4 Å². The molecule has 94 valence electrons. The van der Waals surface area contributed by atoms with Gasteiger partial charge in [-0.15, -0.1) is 0 Å². The van der Waals surface area contributed by atoms with E-state index < -0.39 is 5.97 Å². The zero-order valence-electron chi connectivity index (χ0n) is 10.3. The van der Waals surface area contributed by atoms with Crippen LogP contribution in [0, 0.1) is 5.41 Å². The molecule has 4 heteroatoms. The van der Waals surface area contributed by atoms with E-state index in [0.29, 0.717) is 6.42 Å². The van der Waals surface area contributed by atoms with Crippen molar-refractivity contribution in [1.29, 1.82) is 0 Å². The first-order valence-corrected chi connectivity index (χ1v) is 5.99. The predicted molar refractivity (Wildman–Crippen MR) is 67.7 cm³/mol. The molecule has 0 unspecified atom stereocenters. The van der Waals surface area contributed by atoms with E-state index in [-0.39, 0.29) is 11.8 Å². The van der Waals surface area contributed by atoms with Crippen molar-refractivity contribution in [1.82, 2.24) is 5.32 Å². The number of nitrogens with one attached hydrogen (secondary N) is 1. The van der Waals surface area contributed by atoms with Crippen molar-refractivity contribution in [2.45, 2.75) is 40.0 Å². The van der Waals surface area contributed by atoms with Crippen molar-refractivity contribution in [3.63, 3.8) is 0 Å². The Bertz CT molecular complexity index is 249. The molecule has 0 aliphatic carbocycles. The van der Waals surface area contributed by atoms with Crippen molar-refractivity contribution in [3.8, 4) is 0 Å². The van der Waals surface area contributed by atoms with Crippen molar-refractivity contribution in [2.75, 3.05) is 13.1 Å². The first-order chi connectivity index (χ1) is 7.37. The van der Waals surface area contributed by atoms with Crippen molar-refractivity contribution in [2.24, 2.45) is 5.41 Å². The predicted octanol–water partition coefficient (Wildman–Crippen LogP) is 3.00. The van der Waals surface area contributed by atoms with E-state index in [1.807, 2.05) is 6.92 Å². The lowest BCUT2D eigenvalue weighted by molar-refractivity contribution is -0.137. The van der Waals surface area contributed by atoms with Crippen LogP contribution in [0.1, 0.15) is 40.0 Å². The lowest BCUT2D eigenvalue weighted by atomic mass is 9.84. The minimum Gasteiger partial charge on any atom is -0.481 e. The van der Waals surface area contributed by atoms with Gasteiger partial charge in [-0.25, -0.2) is 0 Å². The Morgan fingerprint density at radius 1 is 1.44 bits per heavy atom. The molecule has 0 saturated carbocycles. The molecule has 0 fully saturated rings. The molecule has 0 aromatic carbocycles. The number of halogens is 1. The van der Waals surface area contributed by atoms with E-state index in [0.717, 1.165) is 25.1 Å². The second-order valence-corrected chi connectivity index (χ2v) is 5.16. The Morgan fingerprint density at radius 2 is 2.06 bits per heavy atom. The summed E-state index contributed by atoms with van der Waals surface area (Å²) in [5.74, 6) is -0.720. The molecule has 0 saturated heterocycles. The molecule has 0 spiro atoms. The fraction of sp³-hybridized carbons (Fsp3) is 0.750. The maximum atomic E-state index is 10.5.